The molecule has 2 fully saturated rings. The lowest BCUT2D eigenvalue weighted by molar-refractivity contribution is -0.156. The van der Waals surface area contributed by atoms with Gasteiger partial charge in [-0.25, -0.2) is 4.79 Å². The van der Waals surface area contributed by atoms with E-state index in [0.29, 0.717) is 32.3 Å². The minimum atomic E-state index is -0.565. The van der Waals surface area contributed by atoms with Crippen LogP contribution in [0.15, 0.2) is 48.8 Å². The number of pyridine rings is 1. The second kappa shape index (κ2) is 11.6. The molecule has 4 rings (SSSR count). The van der Waals surface area contributed by atoms with Gasteiger partial charge >= 0.3 is 5.97 Å². The number of likely N-dealkylation sites (tertiary alicyclic amines) is 1. The summed E-state index contributed by atoms with van der Waals surface area (Å²) in [7, 11) is 0. The number of nitrogens with one attached hydrogen (secondary N) is 1. The van der Waals surface area contributed by atoms with Crippen LogP contribution in [0.1, 0.15) is 25.0 Å². The monoisotopic (exact) mass is 453 g/mol. The van der Waals surface area contributed by atoms with Crippen molar-refractivity contribution in [2.45, 2.75) is 39.0 Å². The molecule has 7 heteroatoms. The van der Waals surface area contributed by atoms with Gasteiger partial charge in [0.1, 0.15) is 12.4 Å². The van der Waals surface area contributed by atoms with Gasteiger partial charge in [0.05, 0.1) is 6.61 Å². The Morgan fingerprint density at radius 2 is 1.79 bits per heavy atom. The van der Waals surface area contributed by atoms with Crippen molar-refractivity contribution in [3.05, 3.63) is 59.9 Å². The number of rotatable bonds is 13. The van der Waals surface area contributed by atoms with E-state index in [1.807, 2.05) is 43.6 Å². The number of hydrogen-bond donors (Lipinski definition) is 1. The molecule has 4 atom stereocenters. The number of carbonyl (C=O) groups excluding carboxylic acids is 1. The van der Waals surface area contributed by atoms with Crippen LogP contribution in [0.5, 0.6) is 5.75 Å². The van der Waals surface area contributed by atoms with Crippen LogP contribution in [0.3, 0.4) is 0 Å². The summed E-state index contributed by atoms with van der Waals surface area (Å²) < 4.78 is 16.5. The van der Waals surface area contributed by atoms with Crippen LogP contribution in [-0.4, -0.2) is 67.5 Å². The zero-order valence-electron chi connectivity index (χ0n) is 19.6. The molecule has 1 aromatic carbocycles. The molecule has 0 spiro atoms. The van der Waals surface area contributed by atoms with Crippen molar-refractivity contribution in [3.63, 3.8) is 0 Å². The van der Waals surface area contributed by atoms with Gasteiger partial charge in [-0.3, -0.25) is 9.88 Å². The molecule has 178 valence electrons. The van der Waals surface area contributed by atoms with Crippen molar-refractivity contribution in [2.24, 2.45) is 11.8 Å². The summed E-state index contributed by atoms with van der Waals surface area (Å²) in [5.74, 6) is 2.06. The van der Waals surface area contributed by atoms with E-state index in [0.717, 1.165) is 36.2 Å². The summed E-state index contributed by atoms with van der Waals surface area (Å²) in [5, 5.41) is 3.66. The molecule has 7 nitrogen and oxygen atoms in total. The van der Waals surface area contributed by atoms with Gasteiger partial charge in [0.15, 0.2) is 6.10 Å². The third kappa shape index (κ3) is 6.53. The quantitative estimate of drug-likeness (QED) is 0.369. The van der Waals surface area contributed by atoms with Crippen LogP contribution in [0.2, 0.25) is 0 Å². The molecule has 0 radical (unpaired) electrons. The SMILES string of the molecule is CCOC(=O)[C@H](Cc1ccc(OCCN[C@H]2C3CN(Cc4ccncc4)C[C@@H]32)cc1)OCC. The van der Waals surface area contributed by atoms with Crippen LogP contribution in [0.25, 0.3) is 0 Å². The Bertz CT molecular complexity index is 865. The molecule has 1 aliphatic heterocycles. The van der Waals surface area contributed by atoms with Crippen molar-refractivity contribution in [3.8, 4) is 5.75 Å². The van der Waals surface area contributed by atoms with Crippen molar-refractivity contribution < 1.29 is 19.0 Å². The molecular formula is C26H35N3O4. The fraction of sp³-hybridized carbons (Fsp3) is 0.538. The average Bonchev–Trinajstić information content (AvgIpc) is 3.28. The number of carbonyl (C=O) groups is 1. The maximum atomic E-state index is 12.0. The maximum absolute atomic E-state index is 12.0. The molecule has 1 saturated carbocycles. The minimum Gasteiger partial charge on any atom is -0.492 e. The fourth-order valence-electron chi connectivity index (χ4n) is 4.77. The van der Waals surface area contributed by atoms with E-state index in [4.69, 9.17) is 14.2 Å². The van der Waals surface area contributed by atoms with Gasteiger partial charge in [-0.1, -0.05) is 12.1 Å². The van der Waals surface area contributed by atoms with Crippen LogP contribution >= 0.6 is 0 Å². The summed E-state index contributed by atoms with van der Waals surface area (Å²) in [5.41, 5.74) is 2.36. The molecule has 1 saturated heterocycles. The Morgan fingerprint density at radius 3 is 2.45 bits per heavy atom. The average molecular weight is 454 g/mol. The second-order valence-corrected chi connectivity index (χ2v) is 8.75. The van der Waals surface area contributed by atoms with Crippen LogP contribution in [0, 0.1) is 11.8 Å². The maximum Gasteiger partial charge on any atom is 0.335 e. The van der Waals surface area contributed by atoms with Crippen molar-refractivity contribution in [2.75, 3.05) is 39.5 Å². The summed E-state index contributed by atoms with van der Waals surface area (Å²) in [6.07, 6.45) is 3.66. The Balaban J connectivity index is 1.12. The first kappa shape index (κ1) is 23.7. The lowest BCUT2D eigenvalue weighted by Crippen LogP contribution is -2.33. The predicted molar refractivity (Wildman–Crippen MR) is 126 cm³/mol. The number of fused-ring (bicyclic) bond motifs is 1. The van der Waals surface area contributed by atoms with E-state index in [9.17, 15) is 4.79 Å². The highest BCUT2D eigenvalue weighted by atomic mass is 16.6. The number of ether oxygens (including phenoxy) is 3. The van der Waals surface area contributed by atoms with E-state index in [1.54, 1.807) is 6.92 Å². The van der Waals surface area contributed by atoms with E-state index >= 15 is 0 Å². The number of hydrogen-bond acceptors (Lipinski definition) is 7. The fourth-order valence-corrected chi connectivity index (χ4v) is 4.77. The highest BCUT2D eigenvalue weighted by Gasteiger charge is 2.55. The molecule has 2 aromatic rings. The number of benzene rings is 1. The first-order valence-electron chi connectivity index (χ1n) is 12.0. The minimum absolute atomic E-state index is 0.309. The molecule has 2 heterocycles. The zero-order valence-corrected chi connectivity index (χ0v) is 19.6. The molecule has 0 amide bonds. The van der Waals surface area contributed by atoms with Crippen LogP contribution in [0.4, 0.5) is 0 Å². The summed E-state index contributed by atoms with van der Waals surface area (Å²) in [4.78, 5) is 18.7. The Hall–Kier alpha value is -2.48. The second-order valence-electron chi connectivity index (χ2n) is 8.75. The van der Waals surface area contributed by atoms with Gasteiger partial charge in [-0.15, -0.1) is 0 Å². The lowest BCUT2D eigenvalue weighted by atomic mass is 10.1. The van der Waals surface area contributed by atoms with E-state index < -0.39 is 6.10 Å². The molecule has 1 aromatic heterocycles. The van der Waals surface area contributed by atoms with Gasteiger partial charge < -0.3 is 19.5 Å². The standard InChI is InChI=1S/C26H35N3O4/c1-3-31-24(26(30)32-4-2)15-19-5-7-21(8-6-19)33-14-13-28-25-22-17-29(18-23(22)25)16-20-9-11-27-12-10-20/h5-12,22-25,28H,3-4,13-18H2,1-2H3/t22-,23?,24-,25+/m0/s1. The largest absolute Gasteiger partial charge is 0.492 e. The highest BCUT2D eigenvalue weighted by molar-refractivity contribution is 5.75. The first-order chi connectivity index (χ1) is 16.2. The predicted octanol–water partition coefficient (Wildman–Crippen LogP) is 2.69. The normalized spacial score (nSPS) is 22.5. The van der Waals surface area contributed by atoms with Crippen molar-refractivity contribution >= 4 is 5.97 Å². The van der Waals surface area contributed by atoms with E-state index in [1.165, 1.54) is 18.7 Å². The Morgan fingerprint density at radius 1 is 1.06 bits per heavy atom. The van der Waals surface area contributed by atoms with Gasteiger partial charge in [0.25, 0.3) is 0 Å². The number of nitrogens with zero attached hydrogens (tertiary/aromatic N) is 2. The molecule has 0 bridgehead atoms. The lowest BCUT2D eigenvalue weighted by Gasteiger charge is -2.19. The van der Waals surface area contributed by atoms with E-state index in [2.05, 4.69) is 27.3 Å². The molecule has 1 N–H and O–H groups in total. The van der Waals surface area contributed by atoms with E-state index in [-0.39, 0.29) is 5.97 Å². The summed E-state index contributed by atoms with van der Waals surface area (Å²) in [6.45, 7) is 9.36. The number of aromatic nitrogens is 1. The molecular weight excluding hydrogens is 418 g/mol. The zero-order chi connectivity index (χ0) is 23.0. The van der Waals surface area contributed by atoms with Gasteiger partial charge in [0, 0.05) is 57.6 Å². The molecule has 33 heavy (non-hydrogen) atoms. The third-order valence-corrected chi connectivity index (χ3v) is 6.44. The molecule has 2 aliphatic rings. The van der Waals surface area contributed by atoms with Crippen LogP contribution < -0.4 is 10.1 Å². The third-order valence-electron chi connectivity index (χ3n) is 6.44. The molecule has 1 unspecified atom stereocenters. The van der Waals surface area contributed by atoms with Crippen molar-refractivity contribution in [1.82, 2.24) is 15.2 Å². The number of esters is 1. The number of piperidine rings is 1. The molecule has 1 aliphatic carbocycles. The Kier molecular flexibility index (Phi) is 8.31. The van der Waals surface area contributed by atoms with Crippen molar-refractivity contribution in [1.29, 1.82) is 0 Å². The van der Waals surface area contributed by atoms with Gasteiger partial charge in [-0.2, -0.15) is 0 Å². The van der Waals surface area contributed by atoms with Crippen LogP contribution in [-0.2, 0) is 27.2 Å². The highest BCUT2D eigenvalue weighted by Crippen LogP contribution is 2.45. The summed E-state index contributed by atoms with van der Waals surface area (Å²) >= 11 is 0. The van der Waals surface area contributed by atoms with Gasteiger partial charge in [0.2, 0.25) is 0 Å². The first-order valence-corrected chi connectivity index (χ1v) is 12.0. The smallest absolute Gasteiger partial charge is 0.335 e. The topological polar surface area (TPSA) is 72.9 Å². The Labute approximate surface area is 196 Å². The van der Waals surface area contributed by atoms with Gasteiger partial charge in [-0.05, 0) is 61.1 Å². The summed E-state index contributed by atoms with van der Waals surface area (Å²) in [6, 6.07) is 12.7.